The van der Waals surface area contributed by atoms with E-state index >= 15 is 0 Å². The minimum atomic E-state index is -3.62. The number of thioether (sulfide) groups is 1. The zero-order valence-corrected chi connectivity index (χ0v) is 14.2. The molecule has 2 aromatic rings. The van der Waals surface area contributed by atoms with Crippen molar-refractivity contribution in [3.05, 3.63) is 16.7 Å². The van der Waals surface area contributed by atoms with E-state index < -0.39 is 10.0 Å². The highest BCUT2D eigenvalue weighted by atomic mass is 35.5. The molecule has 20 heavy (non-hydrogen) atoms. The summed E-state index contributed by atoms with van der Waals surface area (Å²) in [6, 6.07) is 0. The molecular weight excluding hydrogens is 338 g/mol. The Morgan fingerprint density at radius 3 is 3.00 bits per heavy atom. The van der Waals surface area contributed by atoms with Gasteiger partial charge in [0.15, 0.2) is 15.1 Å². The zero-order chi connectivity index (χ0) is 14.6. The topological polar surface area (TPSA) is 63.5 Å². The first-order chi connectivity index (χ1) is 9.56. The third-order valence-electron chi connectivity index (χ3n) is 2.75. The predicted octanol–water partition coefficient (Wildman–Crippen LogP) is 2.86. The maximum atomic E-state index is 12.3. The maximum Gasteiger partial charge on any atom is 0.259 e. The molecule has 0 aliphatic rings. The van der Waals surface area contributed by atoms with Crippen LogP contribution in [0.15, 0.2) is 16.6 Å². The number of nitrogens with one attached hydrogen (secondary N) is 1. The molecular formula is C11H16ClN3O2S3. The maximum absolute atomic E-state index is 12.3. The fourth-order valence-corrected chi connectivity index (χ4v) is 4.82. The quantitative estimate of drug-likeness (QED) is 0.741. The lowest BCUT2D eigenvalue weighted by atomic mass is 10.2. The first kappa shape index (κ1) is 16.1. The molecule has 0 saturated carbocycles. The van der Waals surface area contributed by atoms with Crippen molar-refractivity contribution in [2.75, 3.05) is 18.6 Å². The predicted molar refractivity (Wildman–Crippen MR) is 85.5 cm³/mol. The Kier molecular flexibility index (Phi) is 5.74. The van der Waals surface area contributed by atoms with Crippen molar-refractivity contribution >= 4 is 49.7 Å². The van der Waals surface area contributed by atoms with Gasteiger partial charge in [-0.1, -0.05) is 18.0 Å². The van der Waals surface area contributed by atoms with Crippen LogP contribution in [0.4, 0.5) is 0 Å². The third-order valence-corrected chi connectivity index (χ3v) is 6.06. The molecule has 0 saturated heterocycles. The number of fused-ring (bicyclic) bond motifs is 1. The Morgan fingerprint density at radius 1 is 1.45 bits per heavy atom. The minimum Gasteiger partial charge on any atom is -0.279 e. The van der Waals surface area contributed by atoms with Crippen LogP contribution in [0.1, 0.15) is 19.3 Å². The second-order valence-electron chi connectivity index (χ2n) is 4.21. The molecule has 2 aromatic heterocycles. The van der Waals surface area contributed by atoms with Gasteiger partial charge in [-0.05, 0) is 24.9 Å². The van der Waals surface area contributed by atoms with Gasteiger partial charge in [-0.15, -0.1) is 11.3 Å². The molecule has 0 atom stereocenters. The normalized spacial score (nSPS) is 12.3. The van der Waals surface area contributed by atoms with Crippen LogP contribution < -0.4 is 4.72 Å². The average molecular weight is 354 g/mol. The van der Waals surface area contributed by atoms with Gasteiger partial charge in [0.05, 0.1) is 0 Å². The van der Waals surface area contributed by atoms with Crippen LogP contribution in [0.2, 0.25) is 5.15 Å². The van der Waals surface area contributed by atoms with Crippen LogP contribution in [0.25, 0.3) is 4.96 Å². The number of imidazole rings is 1. The molecule has 9 heteroatoms. The van der Waals surface area contributed by atoms with E-state index in [0.29, 0.717) is 11.5 Å². The molecule has 5 nitrogen and oxygen atoms in total. The summed E-state index contributed by atoms with van der Waals surface area (Å²) >= 11 is 9.08. The van der Waals surface area contributed by atoms with Gasteiger partial charge in [0, 0.05) is 18.1 Å². The molecule has 0 bridgehead atoms. The Labute approximate surface area is 131 Å². The van der Waals surface area contributed by atoms with Crippen molar-refractivity contribution in [2.24, 2.45) is 0 Å². The standard InChI is InChI=1S/C11H16ClN3O2S3/c1-18-7-4-2-3-5-13-20(16,17)10-9(12)14-11-15(10)6-8-19-11/h6,8,13H,2-5,7H2,1H3. The largest absolute Gasteiger partial charge is 0.279 e. The van der Waals surface area contributed by atoms with Gasteiger partial charge in [-0.3, -0.25) is 4.40 Å². The lowest BCUT2D eigenvalue weighted by Gasteiger charge is -2.06. The van der Waals surface area contributed by atoms with Gasteiger partial charge < -0.3 is 0 Å². The summed E-state index contributed by atoms with van der Waals surface area (Å²) in [6.07, 6.45) is 6.66. The Hall–Kier alpha value is -0.280. The lowest BCUT2D eigenvalue weighted by molar-refractivity contribution is 0.571. The monoisotopic (exact) mass is 353 g/mol. The van der Waals surface area contributed by atoms with Crippen LogP contribution in [0.3, 0.4) is 0 Å². The molecule has 0 amide bonds. The third kappa shape index (κ3) is 3.67. The van der Waals surface area contributed by atoms with E-state index in [1.165, 1.54) is 15.7 Å². The molecule has 112 valence electrons. The van der Waals surface area contributed by atoms with Crippen molar-refractivity contribution in [2.45, 2.75) is 24.3 Å². The molecule has 0 radical (unpaired) electrons. The van der Waals surface area contributed by atoms with E-state index in [4.69, 9.17) is 11.6 Å². The van der Waals surface area contributed by atoms with Crippen molar-refractivity contribution < 1.29 is 8.42 Å². The number of hydrogen-bond acceptors (Lipinski definition) is 5. The van der Waals surface area contributed by atoms with Crippen LogP contribution in [-0.2, 0) is 10.0 Å². The summed E-state index contributed by atoms with van der Waals surface area (Å²) in [4.78, 5) is 4.61. The summed E-state index contributed by atoms with van der Waals surface area (Å²) in [5, 5.41) is 1.83. The molecule has 2 heterocycles. The van der Waals surface area contributed by atoms with Crippen molar-refractivity contribution in [3.8, 4) is 0 Å². The highest BCUT2D eigenvalue weighted by molar-refractivity contribution is 7.98. The van der Waals surface area contributed by atoms with E-state index in [-0.39, 0.29) is 10.2 Å². The van der Waals surface area contributed by atoms with Crippen molar-refractivity contribution in [3.63, 3.8) is 0 Å². The molecule has 0 fully saturated rings. The molecule has 0 aliphatic heterocycles. The Morgan fingerprint density at radius 2 is 2.25 bits per heavy atom. The molecule has 1 N–H and O–H groups in total. The Bertz CT molecular complexity index is 666. The first-order valence-corrected chi connectivity index (χ1v) is 10.3. The fraction of sp³-hybridized carbons (Fsp3) is 0.545. The number of rotatable bonds is 8. The number of nitrogens with zero attached hydrogens (tertiary/aromatic N) is 2. The van der Waals surface area contributed by atoms with Gasteiger partial charge in [0.2, 0.25) is 0 Å². The van der Waals surface area contributed by atoms with Gasteiger partial charge in [-0.25, -0.2) is 18.1 Å². The van der Waals surface area contributed by atoms with Gasteiger partial charge in [-0.2, -0.15) is 11.8 Å². The number of hydrogen-bond donors (Lipinski definition) is 1. The summed E-state index contributed by atoms with van der Waals surface area (Å²) in [5.41, 5.74) is 0. The number of thiazole rings is 1. The summed E-state index contributed by atoms with van der Waals surface area (Å²) in [6.45, 7) is 0.421. The Balaban J connectivity index is 2.00. The van der Waals surface area contributed by atoms with E-state index in [1.54, 1.807) is 23.3 Å². The van der Waals surface area contributed by atoms with Crippen molar-refractivity contribution in [1.82, 2.24) is 14.1 Å². The second kappa shape index (κ2) is 7.13. The number of halogens is 1. The fourth-order valence-electron chi connectivity index (χ4n) is 1.80. The van der Waals surface area contributed by atoms with Crippen LogP contribution in [0, 0.1) is 0 Å². The van der Waals surface area contributed by atoms with Crippen LogP contribution in [-0.4, -0.2) is 36.4 Å². The SMILES string of the molecule is CSCCCCCNS(=O)(=O)c1c(Cl)nc2sccn12. The number of unbranched alkanes of at least 4 members (excludes halogenated alkanes) is 2. The van der Waals surface area contributed by atoms with Crippen LogP contribution >= 0.6 is 34.7 Å². The molecule has 0 spiro atoms. The number of aromatic nitrogens is 2. The highest BCUT2D eigenvalue weighted by Gasteiger charge is 2.24. The first-order valence-electron chi connectivity index (χ1n) is 6.16. The van der Waals surface area contributed by atoms with E-state index in [1.807, 2.05) is 0 Å². The average Bonchev–Trinajstić information content (AvgIpc) is 2.92. The van der Waals surface area contributed by atoms with E-state index in [2.05, 4.69) is 16.0 Å². The summed E-state index contributed by atoms with van der Waals surface area (Å²) < 4.78 is 28.6. The summed E-state index contributed by atoms with van der Waals surface area (Å²) in [5.74, 6) is 1.11. The summed E-state index contributed by atoms with van der Waals surface area (Å²) in [7, 11) is -3.62. The highest BCUT2D eigenvalue weighted by Crippen LogP contribution is 2.25. The molecule has 2 rings (SSSR count). The smallest absolute Gasteiger partial charge is 0.259 e. The molecule has 0 aromatic carbocycles. The van der Waals surface area contributed by atoms with E-state index in [9.17, 15) is 8.42 Å². The molecule has 0 unspecified atom stereocenters. The van der Waals surface area contributed by atoms with Crippen molar-refractivity contribution in [1.29, 1.82) is 0 Å². The van der Waals surface area contributed by atoms with Crippen LogP contribution in [0.5, 0.6) is 0 Å². The van der Waals surface area contributed by atoms with Gasteiger partial charge in [0.1, 0.15) is 0 Å². The van der Waals surface area contributed by atoms with Gasteiger partial charge >= 0.3 is 0 Å². The minimum absolute atomic E-state index is 0.0201. The zero-order valence-electron chi connectivity index (χ0n) is 11.0. The van der Waals surface area contributed by atoms with E-state index in [0.717, 1.165) is 25.0 Å². The lowest BCUT2D eigenvalue weighted by Crippen LogP contribution is -2.26. The van der Waals surface area contributed by atoms with Gasteiger partial charge in [0.25, 0.3) is 10.0 Å². The number of sulfonamides is 1. The molecule has 0 aliphatic carbocycles. The second-order valence-corrected chi connectivity index (χ2v) is 8.11.